The minimum absolute atomic E-state index is 0.660. The fourth-order valence-electron chi connectivity index (χ4n) is 3.15. The summed E-state index contributed by atoms with van der Waals surface area (Å²) in [7, 11) is 1.71. The number of benzene rings is 1. The Labute approximate surface area is 129 Å². The fraction of sp³-hybridized carbons (Fsp3) is 0.667. The highest BCUT2D eigenvalue weighted by Crippen LogP contribution is 2.31. The molecule has 1 aromatic rings. The number of hydrogen-bond donors (Lipinski definition) is 1. The average molecular weight is 291 g/mol. The molecule has 0 aromatic heterocycles. The van der Waals surface area contributed by atoms with Gasteiger partial charge >= 0.3 is 0 Å². The number of nitrogens with one attached hydrogen (secondary N) is 1. The molecule has 1 aliphatic rings. The van der Waals surface area contributed by atoms with Gasteiger partial charge in [0.1, 0.15) is 0 Å². The van der Waals surface area contributed by atoms with Crippen LogP contribution in [0.15, 0.2) is 18.2 Å². The summed E-state index contributed by atoms with van der Waals surface area (Å²) in [6, 6.07) is 6.11. The molecule has 0 saturated heterocycles. The molecule has 1 N–H and O–H groups in total. The van der Waals surface area contributed by atoms with E-state index in [1.165, 1.54) is 31.2 Å². The molecule has 0 amide bonds. The third-order valence-electron chi connectivity index (χ3n) is 4.45. The summed E-state index contributed by atoms with van der Waals surface area (Å²) < 4.78 is 11.1. The van der Waals surface area contributed by atoms with Crippen molar-refractivity contribution in [2.24, 2.45) is 11.8 Å². The Morgan fingerprint density at radius 1 is 1.19 bits per heavy atom. The van der Waals surface area contributed by atoms with Gasteiger partial charge < -0.3 is 14.8 Å². The second-order valence-corrected chi connectivity index (χ2v) is 6.14. The van der Waals surface area contributed by atoms with Crippen LogP contribution in [-0.4, -0.2) is 20.3 Å². The molecule has 2 rings (SSSR count). The van der Waals surface area contributed by atoms with Crippen LogP contribution in [0.4, 0.5) is 0 Å². The van der Waals surface area contributed by atoms with Gasteiger partial charge in [0.2, 0.25) is 0 Å². The monoisotopic (exact) mass is 291 g/mol. The average Bonchev–Trinajstić information content (AvgIpc) is 2.50. The Morgan fingerprint density at radius 2 is 1.95 bits per heavy atom. The molecule has 0 radical (unpaired) electrons. The summed E-state index contributed by atoms with van der Waals surface area (Å²) in [5, 5.41) is 3.59. The predicted octanol–water partition coefficient (Wildman–Crippen LogP) is 4.01. The SMILES string of the molecule is CCOc1cccc(CNCC2CCC(C)CC2)c1OC. The van der Waals surface area contributed by atoms with Crippen LogP contribution in [0.25, 0.3) is 0 Å². The smallest absolute Gasteiger partial charge is 0.165 e. The van der Waals surface area contributed by atoms with Crippen molar-refractivity contribution in [3.63, 3.8) is 0 Å². The standard InChI is InChI=1S/C18H29NO2/c1-4-21-17-7-5-6-16(18(17)20-3)13-19-12-15-10-8-14(2)9-11-15/h5-7,14-15,19H,4,8-13H2,1-3H3. The van der Waals surface area contributed by atoms with Crippen molar-refractivity contribution in [1.82, 2.24) is 5.32 Å². The molecule has 3 heteroatoms. The first-order chi connectivity index (χ1) is 10.2. The van der Waals surface area contributed by atoms with Gasteiger partial charge in [0.25, 0.3) is 0 Å². The molecule has 1 aliphatic carbocycles. The largest absolute Gasteiger partial charge is 0.493 e. The molecule has 0 atom stereocenters. The van der Waals surface area contributed by atoms with Crippen LogP contribution >= 0.6 is 0 Å². The first kappa shape index (κ1) is 16.2. The van der Waals surface area contributed by atoms with Gasteiger partial charge in [-0.3, -0.25) is 0 Å². The number of methoxy groups -OCH3 is 1. The Balaban J connectivity index is 1.86. The summed E-state index contributed by atoms with van der Waals surface area (Å²) in [5.41, 5.74) is 1.17. The topological polar surface area (TPSA) is 30.5 Å². The van der Waals surface area contributed by atoms with Gasteiger partial charge in [-0.15, -0.1) is 0 Å². The van der Waals surface area contributed by atoms with Gasteiger partial charge in [-0.05, 0) is 44.2 Å². The lowest BCUT2D eigenvalue weighted by Crippen LogP contribution is -2.25. The number of rotatable bonds is 7. The van der Waals surface area contributed by atoms with Crippen LogP contribution in [0.1, 0.15) is 45.1 Å². The highest BCUT2D eigenvalue weighted by molar-refractivity contribution is 5.46. The molecular weight excluding hydrogens is 262 g/mol. The van der Waals surface area contributed by atoms with Crippen LogP contribution in [-0.2, 0) is 6.54 Å². The van der Waals surface area contributed by atoms with E-state index in [9.17, 15) is 0 Å². The molecule has 0 spiro atoms. The molecule has 1 fully saturated rings. The van der Waals surface area contributed by atoms with E-state index in [0.717, 1.165) is 36.4 Å². The van der Waals surface area contributed by atoms with Crippen molar-refractivity contribution < 1.29 is 9.47 Å². The minimum Gasteiger partial charge on any atom is -0.493 e. The zero-order valence-electron chi connectivity index (χ0n) is 13.7. The lowest BCUT2D eigenvalue weighted by Gasteiger charge is -2.26. The molecule has 3 nitrogen and oxygen atoms in total. The molecule has 0 unspecified atom stereocenters. The maximum absolute atomic E-state index is 5.62. The molecule has 0 heterocycles. The summed E-state index contributed by atoms with van der Waals surface area (Å²) >= 11 is 0. The Hall–Kier alpha value is -1.22. The maximum Gasteiger partial charge on any atom is 0.165 e. The quantitative estimate of drug-likeness (QED) is 0.823. The molecule has 118 valence electrons. The Kier molecular flexibility index (Phi) is 6.37. The van der Waals surface area contributed by atoms with E-state index in [1.54, 1.807) is 7.11 Å². The molecule has 0 aliphatic heterocycles. The zero-order chi connectivity index (χ0) is 15.1. The lowest BCUT2D eigenvalue weighted by molar-refractivity contribution is 0.280. The summed E-state index contributed by atoms with van der Waals surface area (Å²) in [5.74, 6) is 3.46. The summed E-state index contributed by atoms with van der Waals surface area (Å²) in [4.78, 5) is 0. The summed E-state index contributed by atoms with van der Waals surface area (Å²) in [6.07, 6.45) is 5.50. The second-order valence-electron chi connectivity index (χ2n) is 6.14. The third kappa shape index (κ3) is 4.63. The molecule has 1 aromatic carbocycles. The molecule has 21 heavy (non-hydrogen) atoms. The van der Waals surface area contributed by atoms with Gasteiger partial charge in [0, 0.05) is 12.1 Å². The zero-order valence-corrected chi connectivity index (χ0v) is 13.7. The van der Waals surface area contributed by atoms with E-state index in [2.05, 4.69) is 18.3 Å². The van der Waals surface area contributed by atoms with E-state index < -0.39 is 0 Å². The predicted molar refractivity (Wildman–Crippen MR) is 87.0 cm³/mol. The molecular formula is C18H29NO2. The first-order valence-electron chi connectivity index (χ1n) is 8.24. The third-order valence-corrected chi connectivity index (χ3v) is 4.45. The van der Waals surface area contributed by atoms with Crippen LogP contribution in [0.5, 0.6) is 11.5 Å². The Morgan fingerprint density at radius 3 is 2.62 bits per heavy atom. The maximum atomic E-state index is 5.62. The van der Waals surface area contributed by atoms with E-state index in [0.29, 0.717) is 6.61 Å². The van der Waals surface area contributed by atoms with E-state index in [4.69, 9.17) is 9.47 Å². The van der Waals surface area contributed by atoms with Gasteiger partial charge in [-0.25, -0.2) is 0 Å². The second kappa shape index (κ2) is 8.28. The lowest BCUT2D eigenvalue weighted by atomic mass is 9.83. The van der Waals surface area contributed by atoms with Crippen molar-refractivity contribution in [1.29, 1.82) is 0 Å². The van der Waals surface area contributed by atoms with E-state index in [-0.39, 0.29) is 0 Å². The Bertz CT molecular complexity index is 425. The minimum atomic E-state index is 0.660. The van der Waals surface area contributed by atoms with Crippen LogP contribution in [0.2, 0.25) is 0 Å². The number of para-hydroxylation sites is 1. The van der Waals surface area contributed by atoms with Crippen molar-refractivity contribution >= 4 is 0 Å². The fourth-order valence-corrected chi connectivity index (χ4v) is 3.15. The number of ether oxygens (including phenoxy) is 2. The van der Waals surface area contributed by atoms with Gasteiger partial charge in [-0.1, -0.05) is 31.9 Å². The normalized spacial score (nSPS) is 22.0. The van der Waals surface area contributed by atoms with Gasteiger partial charge in [-0.2, -0.15) is 0 Å². The molecule has 1 saturated carbocycles. The van der Waals surface area contributed by atoms with E-state index in [1.807, 2.05) is 19.1 Å². The highest BCUT2D eigenvalue weighted by atomic mass is 16.5. The van der Waals surface area contributed by atoms with Crippen molar-refractivity contribution in [2.45, 2.75) is 46.1 Å². The van der Waals surface area contributed by atoms with Gasteiger partial charge in [0.05, 0.1) is 13.7 Å². The van der Waals surface area contributed by atoms with Crippen LogP contribution in [0.3, 0.4) is 0 Å². The first-order valence-corrected chi connectivity index (χ1v) is 8.24. The summed E-state index contributed by atoms with van der Waals surface area (Å²) in [6.45, 7) is 6.97. The van der Waals surface area contributed by atoms with E-state index >= 15 is 0 Å². The van der Waals surface area contributed by atoms with Crippen molar-refractivity contribution in [3.05, 3.63) is 23.8 Å². The molecule has 0 bridgehead atoms. The van der Waals surface area contributed by atoms with Crippen LogP contribution < -0.4 is 14.8 Å². The van der Waals surface area contributed by atoms with Gasteiger partial charge in [0.15, 0.2) is 11.5 Å². The highest BCUT2D eigenvalue weighted by Gasteiger charge is 2.18. The van der Waals surface area contributed by atoms with Crippen LogP contribution in [0, 0.1) is 11.8 Å². The number of hydrogen-bond acceptors (Lipinski definition) is 3. The van der Waals surface area contributed by atoms with Crippen molar-refractivity contribution in [3.8, 4) is 11.5 Å². The van der Waals surface area contributed by atoms with Crippen molar-refractivity contribution in [2.75, 3.05) is 20.3 Å².